The molecule has 0 bridgehead atoms. The lowest BCUT2D eigenvalue weighted by molar-refractivity contribution is 0.339. The number of rotatable bonds is 1. The molecule has 80 valence electrons. The molecule has 1 heterocycles. The molecular formula is C13H17NO. The summed E-state index contributed by atoms with van der Waals surface area (Å²) < 4.78 is 5.49. The standard InChI is InChI=1S/C13H17NO/c1-15-12-4-2-3-9-7-10-8-14-6-5-11(10)13(9)12/h2-4,10-11,14H,5-8H2,1H3/t10-,11+/m1/s1. The Bertz CT molecular complexity index is 375. The number of fused-ring (bicyclic) bond motifs is 3. The SMILES string of the molecule is COc1cccc2c1[C@H]1CCNC[C@H]1C2. The third kappa shape index (κ3) is 1.36. The van der Waals surface area contributed by atoms with Crippen LogP contribution in [0.2, 0.25) is 0 Å². The van der Waals surface area contributed by atoms with Crippen molar-refractivity contribution in [3.05, 3.63) is 29.3 Å². The Morgan fingerprint density at radius 1 is 1.40 bits per heavy atom. The van der Waals surface area contributed by atoms with Gasteiger partial charge in [-0.05, 0) is 49.4 Å². The van der Waals surface area contributed by atoms with Crippen molar-refractivity contribution in [3.8, 4) is 5.75 Å². The third-order valence-corrected chi connectivity index (χ3v) is 3.84. The van der Waals surface area contributed by atoms with Crippen LogP contribution in [-0.2, 0) is 6.42 Å². The quantitative estimate of drug-likeness (QED) is 0.753. The van der Waals surface area contributed by atoms with E-state index in [1.807, 2.05) is 0 Å². The maximum Gasteiger partial charge on any atom is 0.122 e. The van der Waals surface area contributed by atoms with Gasteiger partial charge in [0.05, 0.1) is 7.11 Å². The van der Waals surface area contributed by atoms with Crippen LogP contribution in [0.3, 0.4) is 0 Å². The van der Waals surface area contributed by atoms with E-state index in [-0.39, 0.29) is 0 Å². The summed E-state index contributed by atoms with van der Waals surface area (Å²) in [5.74, 6) is 2.63. The highest BCUT2D eigenvalue weighted by Gasteiger charge is 2.35. The first kappa shape index (κ1) is 9.22. The van der Waals surface area contributed by atoms with Crippen molar-refractivity contribution in [2.45, 2.75) is 18.8 Å². The summed E-state index contributed by atoms with van der Waals surface area (Å²) in [6.07, 6.45) is 2.49. The summed E-state index contributed by atoms with van der Waals surface area (Å²) in [6, 6.07) is 6.47. The zero-order valence-corrected chi connectivity index (χ0v) is 9.12. The molecule has 1 aliphatic heterocycles. The van der Waals surface area contributed by atoms with Crippen LogP contribution in [0.4, 0.5) is 0 Å². The summed E-state index contributed by atoms with van der Waals surface area (Å²) >= 11 is 0. The second kappa shape index (κ2) is 3.53. The lowest BCUT2D eigenvalue weighted by Crippen LogP contribution is -2.33. The first-order valence-corrected chi connectivity index (χ1v) is 5.76. The molecule has 1 aromatic carbocycles. The molecule has 1 saturated heterocycles. The first-order valence-electron chi connectivity index (χ1n) is 5.76. The Morgan fingerprint density at radius 2 is 2.33 bits per heavy atom. The molecule has 2 heteroatoms. The largest absolute Gasteiger partial charge is 0.496 e. The first-order chi connectivity index (χ1) is 7.40. The van der Waals surface area contributed by atoms with Crippen molar-refractivity contribution in [1.29, 1.82) is 0 Å². The molecule has 0 aromatic heterocycles. The molecule has 1 aliphatic carbocycles. The van der Waals surface area contributed by atoms with Gasteiger partial charge in [0.15, 0.2) is 0 Å². The molecule has 2 aliphatic rings. The van der Waals surface area contributed by atoms with Crippen molar-refractivity contribution in [3.63, 3.8) is 0 Å². The zero-order valence-electron chi connectivity index (χ0n) is 9.12. The van der Waals surface area contributed by atoms with Crippen LogP contribution in [-0.4, -0.2) is 20.2 Å². The fourth-order valence-electron chi connectivity index (χ4n) is 3.17. The van der Waals surface area contributed by atoms with E-state index >= 15 is 0 Å². The number of nitrogens with one attached hydrogen (secondary N) is 1. The molecule has 0 amide bonds. The predicted molar refractivity (Wildman–Crippen MR) is 60.4 cm³/mol. The van der Waals surface area contributed by atoms with Gasteiger partial charge in [-0.1, -0.05) is 12.1 Å². The van der Waals surface area contributed by atoms with E-state index < -0.39 is 0 Å². The van der Waals surface area contributed by atoms with E-state index in [9.17, 15) is 0 Å². The summed E-state index contributed by atoms with van der Waals surface area (Å²) in [5, 5.41) is 3.49. The van der Waals surface area contributed by atoms with E-state index in [2.05, 4.69) is 23.5 Å². The number of benzene rings is 1. The average Bonchev–Trinajstić information content (AvgIpc) is 2.67. The Labute approximate surface area is 90.6 Å². The summed E-state index contributed by atoms with van der Waals surface area (Å²) in [7, 11) is 1.78. The predicted octanol–water partition coefficient (Wildman–Crippen LogP) is 1.94. The monoisotopic (exact) mass is 203 g/mol. The minimum Gasteiger partial charge on any atom is -0.496 e. The second-order valence-electron chi connectivity index (χ2n) is 4.60. The van der Waals surface area contributed by atoms with Crippen molar-refractivity contribution in [1.82, 2.24) is 5.32 Å². The van der Waals surface area contributed by atoms with Gasteiger partial charge in [-0.2, -0.15) is 0 Å². The highest BCUT2D eigenvalue weighted by molar-refractivity contribution is 5.47. The van der Waals surface area contributed by atoms with Gasteiger partial charge >= 0.3 is 0 Å². The maximum atomic E-state index is 5.49. The van der Waals surface area contributed by atoms with Crippen LogP contribution < -0.4 is 10.1 Å². The van der Waals surface area contributed by atoms with E-state index in [4.69, 9.17) is 4.74 Å². The number of methoxy groups -OCH3 is 1. The fraction of sp³-hybridized carbons (Fsp3) is 0.538. The zero-order chi connectivity index (χ0) is 10.3. The highest BCUT2D eigenvalue weighted by atomic mass is 16.5. The summed E-state index contributed by atoms with van der Waals surface area (Å²) in [5.41, 5.74) is 3.00. The smallest absolute Gasteiger partial charge is 0.122 e. The molecule has 0 radical (unpaired) electrons. The molecule has 1 fully saturated rings. The minimum atomic E-state index is 0.734. The van der Waals surface area contributed by atoms with Crippen molar-refractivity contribution in [2.75, 3.05) is 20.2 Å². The van der Waals surface area contributed by atoms with E-state index in [0.717, 1.165) is 24.1 Å². The third-order valence-electron chi connectivity index (χ3n) is 3.84. The van der Waals surface area contributed by atoms with Crippen LogP contribution in [0.5, 0.6) is 5.75 Å². The molecule has 2 atom stereocenters. The van der Waals surface area contributed by atoms with Gasteiger partial charge in [-0.15, -0.1) is 0 Å². The van der Waals surface area contributed by atoms with Gasteiger partial charge < -0.3 is 10.1 Å². The fourth-order valence-corrected chi connectivity index (χ4v) is 3.17. The van der Waals surface area contributed by atoms with Gasteiger partial charge in [0.2, 0.25) is 0 Å². The van der Waals surface area contributed by atoms with Gasteiger partial charge in [-0.25, -0.2) is 0 Å². The molecule has 2 nitrogen and oxygen atoms in total. The lowest BCUT2D eigenvalue weighted by atomic mass is 9.86. The minimum absolute atomic E-state index is 0.734. The van der Waals surface area contributed by atoms with Gasteiger partial charge in [0.1, 0.15) is 5.75 Å². The van der Waals surface area contributed by atoms with Crippen LogP contribution in [0.15, 0.2) is 18.2 Å². The Morgan fingerprint density at radius 3 is 3.20 bits per heavy atom. The van der Waals surface area contributed by atoms with E-state index in [1.165, 1.54) is 30.5 Å². The van der Waals surface area contributed by atoms with Crippen molar-refractivity contribution < 1.29 is 4.74 Å². The van der Waals surface area contributed by atoms with Gasteiger partial charge in [-0.3, -0.25) is 0 Å². The Kier molecular flexibility index (Phi) is 2.17. The van der Waals surface area contributed by atoms with Crippen LogP contribution in [0.1, 0.15) is 23.5 Å². The Hall–Kier alpha value is -1.02. The van der Waals surface area contributed by atoms with Gasteiger partial charge in [0, 0.05) is 5.56 Å². The van der Waals surface area contributed by atoms with Crippen LogP contribution in [0.25, 0.3) is 0 Å². The van der Waals surface area contributed by atoms with Crippen LogP contribution in [0, 0.1) is 5.92 Å². The average molecular weight is 203 g/mol. The molecule has 0 unspecified atom stereocenters. The topological polar surface area (TPSA) is 21.3 Å². The molecule has 3 rings (SSSR count). The second-order valence-corrected chi connectivity index (χ2v) is 4.60. The van der Waals surface area contributed by atoms with E-state index in [0.29, 0.717) is 0 Å². The number of hydrogen-bond acceptors (Lipinski definition) is 2. The summed E-state index contributed by atoms with van der Waals surface area (Å²) in [6.45, 7) is 2.32. The molecular weight excluding hydrogens is 186 g/mol. The molecule has 0 spiro atoms. The van der Waals surface area contributed by atoms with Crippen molar-refractivity contribution >= 4 is 0 Å². The maximum absolute atomic E-state index is 5.49. The van der Waals surface area contributed by atoms with Crippen molar-refractivity contribution in [2.24, 2.45) is 5.92 Å². The number of ether oxygens (including phenoxy) is 1. The molecule has 0 saturated carbocycles. The normalized spacial score (nSPS) is 28.3. The lowest BCUT2D eigenvalue weighted by Gasteiger charge is -2.27. The number of hydrogen-bond donors (Lipinski definition) is 1. The Balaban J connectivity index is 2.05. The van der Waals surface area contributed by atoms with Crippen LogP contribution >= 0.6 is 0 Å². The molecule has 1 N–H and O–H groups in total. The molecule has 15 heavy (non-hydrogen) atoms. The molecule has 1 aromatic rings. The summed E-state index contributed by atoms with van der Waals surface area (Å²) in [4.78, 5) is 0. The van der Waals surface area contributed by atoms with E-state index in [1.54, 1.807) is 7.11 Å². The highest BCUT2D eigenvalue weighted by Crippen LogP contribution is 2.45. The van der Waals surface area contributed by atoms with Gasteiger partial charge in [0.25, 0.3) is 0 Å². The number of piperidine rings is 1.